The van der Waals surface area contributed by atoms with Crippen LogP contribution in [0.25, 0.3) is 0 Å². The molecule has 0 saturated heterocycles. The maximum absolute atomic E-state index is 11.5. The molecule has 3 nitrogen and oxygen atoms in total. The fourth-order valence-electron chi connectivity index (χ4n) is 3.19. The van der Waals surface area contributed by atoms with Crippen LogP contribution in [0.15, 0.2) is 42.5 Å². The zero-order valence-corrected chi connectivity index (χ0v) is 14.1. The first kappa shape index (κ1) is 15.9. The number of fused-ring (bicyclic) bond motifs is 1. The van der Waals surface area contributed by atoms with Crippen molar-refractivity contribution in [3.05, 3.63) is 64.2 Å². The van der Waals surface area contributed by atoms with Crippen molar-refractivity contribution < 1.29 is 9.53 Å². The summed E-state index contributed by atoms with van der Waals surface area (Å²) in [5.74, 6) is -0.304. The molecule has 1 atom stereocenters. The molecule has 0 bridgehead atoms. The highest BCUT2D eigenvalue weighted by molar-refractivity contribution is 6.30. The van der Waals surface area contributed by atoms with Crippen LogP contribution in [0.3, 0.4) is 0 Å². The third kappa shape index (κ3) is 3.20. The van der Waals surface area contributed by atoms with Gasteiger partial charge in [-0.25, -0.2) is 4.79 Å². The number of methoxy groups -OCH3 is 1. The molecule has 1 unspecified atom stereocenters. The summed E-state index contributed by atoms with van der Waals surface area (Å²) in [6.07, 6.45) is 2.19. The first-order valence-electron chi connectivity index (χ1n) is 7.83. The predicted molar refractivity (Wildman–Crippen MR) is 93.3 cm³/mol. The van der Waals surface area contributed by atoms with E-state index in [9.17, 15) is 4.79 Å². The van der Waals surface area contributed by atoms with Gasteiger partial charge in [0.25, 0.3) is 0 Å². The van der Waals surface area contributed by atoms with Crippen molar-refractivity contribution in [1.82, 2.24) is 0 Å². The molecule has 3 rings (SSSR count). The third-order valence-corrected chi connectivity index (χ3v) is 4.71. The normalized spacial score (nSPS) is 15.0. The monoisotopic (exact) mass is 329 g/mol. The van der Waals surface area contributed by atoms with E-state index in [0.29, 0.717) is 5.56 Å². The summed E-state index contributed by atoms with van der Waals surface area (Å²) in [6.45, 7) is 3.21. The van der Waals surface area contributed by atoms with Crippen LogP contribution in [0, 0.1) is 0 Å². The molecule has 0 spiro atoms. The molecule has 0 aromatic heterocycles. The van der Waals surface area contributed by atoms with Gasteiger partial charge in [-0.2, -0.15) is 0 Å². The highest BCUT2D eigenvalue weighted by Gasteiger charge is 2.22. The van der Waals surface area contributed by atoms with Gasteiger partial charge in [-0.15, -0.1) is 0 Å². The zero-order chi connectivity index (χ0) is 16.4. The molecular formula is C19H20ClNO2. The van der Waals surface area contributed by atoms with Gasteiger partial charge in [0.2, 0.25) is 0 Å². The number of benzene rings is 2. The van der Waals surface area contributed by atoms with E-state index in [-0.39, 0.29) is 12.0 Å². The van der Waals surface area contributed by atoms with Crippen LogP contribution in [0.4, 0.5) is 5.69 Å². The zero-order valence-electron chi connectivity index (χ0n) is 13.4. The second kappa shape index (κ2) is 6.63. The Morgan fingerprint density at radius 1 is 1.22 bits per heavy atom. The number of ether oxygens (including phenoxy) is 1. The van der Waals surface area contributed by atoms with Crippen molar-refractivity contribution in [3.63, 3.8) is 0 Å². The average Bonchev–Trinajstić information content (AvgIpc) is 2.59. The van der Waals surface area contributed by atoms with E-state index in [4.69, 9.17) is 16.3 Å². The van der Waals surface area contributed by atoms with Crippen molar-refractivity contribution in [2.45, 2.75) is 25.8 Å². The summed E-state index contributed by atoms with van der Waals surface area (Å²) in [7, 11) is 1.40. The summed E-state index contributed by atoms with van der Waals surface area (Å²) in [6, 6.07) is 14.0. The highest BCUT2D eigenvalue weighted by Crippen LogP contribution is 2.35. The minimum atomic E-state index is -0.304. The lowest BCUT2D eigenvalue weighted by Gasteiger charge is -2.36. The van der Waals surface area contributed by atoms with Gasteiger partial charge >= 0.3 is 5.97 Å². The molecule has 2 aromatic rings. The third-order valence-electron chi connectivity index (χ3n) is 4.48. The molecule has 1 aliphatic rings. The Morgan fingerprint density at radius 3 is 2.65 bits per heavy atom. The smallest absolute Gasteiger partial charge is 0.337 e. The number of esters is 1. The quantitative estimate of drug-likeness (QED) is 0.768. The van der Waals surface area contributed by atoms with E-state index in [1.54, 1.807) is 0 Å². The van der Waals surface area contributed by atoms with Crippen molar-refractivity contribution in [2.75, 3.05) is 18.6 Å². The van der Waals surface area contributed by atoms with Crippen LogP contribution >= 0.6 is 11.6 Å². The molecule has 0 saturated carbocycles. The number of carbonyl (C=O) groups excluding carboxylic acids is 1. The van der Waals surface area contributed by atoms with Crippen molar-refractivity contribution in [2.24, 2.45) is 0 Å². The minimum Gasteiger partial charge on any atom is -0.465 e. The molecule has 0 fully saturated rings. The van der Waals surface area contributed by atoms with Crippen LogP contribution in [0.1, 0.15) is 40.9 Å². The summed E-state index contributed by atoms with van der Waals surface area (Å²) in [5.41, 5.74) is 4.32. The molecule has 2 aromatic carbocycles. The molecule has 0 N–H and O–H groups in total. The lowest BCUT2D eigenvalue weighted by molar-refractivity contribution is 0.0600. The molecular weight excluding hydrogens is 310 g/mol. The lowest BCUT2D eigenvalue weighted by atomic mass is 9.97. The first-order chi connectivity index (χ1) is 11.1. The van der Waals surface area contributed by atoms with Crippen molar-refractivity contribution in [1.29, 1.82) is 0 Å². The standard InChI is InChI=1S/C19H20ClNO2/c1-13(14-5-7-15(8-6-14)19(22)23-2)21-11-3-4-16-12-17(20)9-10-18(16)21/h5-10,12-13H,3-4,11H2,1-2H3. The number of halogens is 1. The Kier molecular flexibility index (Phi) is 4.58. The van der Waals surface area contributed by atoms with Gasteiger partial charge in [-0.3, -0.25) is 0 Å². The Balaban J connectivity index is 1.87. The molecule has 1 heterocycles. The van der Waals surface area contributed by atoms with Gasteiger partial charge in [0.15, 0.2) is 0 Å². The van der Waals surface area contributed by atoms with Crippen LogP contribution < -0.4 is 4.90 Å². The first-order valence-corrected chi connectivity index (χ1v) is 8.21. The Morgan fingerprint density at radius 2 is 1.96 bits per heavy atom. The molecule has 4 heteroatoms. The van der Waals surface area contributed by atoms with Crippen LogP contribution in [0.2, 0.25) is 5.02 Å². The minimum absolute atomic E-state index is 0.238. The topological polar surface area (TPSA) is 29.5 Å². The summed E-state index contributed by atoms with van der Waals surface area (Å²) < 4.78 is 4.75. The summed E-state index contributed by atoms with van der Waals surface area (Å²) >= 11 is 6.12. The van der Waals surface area contributed by atoms with Crippen molar-refractivity contribution in [3.8, 4) is 0 Å². The Bertz CT molecular complexity index is 712. The van der Waals surface area contributed by atoms with Crippen LogP contribution in [0.5, 0.6) is 0 Å². The number of anilines is 1. The van der Waals surface area contributed by atoms with Crippen LogP contribution in [-0.2, 0) is 11.2 Å². The van der Waals surface area contributed by atoms with Crippen molar-refractivity contribution >= 4 is 23.3 Å². The summed E-state index contributed by atoms with van der Waals surface area (Å²) in [5, 5.41) is 0.792. The largest absolute Gasteiger partial charge is 0.465 e. The molecule has 1 aliphatic heterocycles. The fraction of sp³-hybridized carbons (Fsp3) is 0.316. The van der Waals surface area contributed by atoms with E-state index in [2.05, 4.69) is 24.0 Å². The van der Waals surface area contributed by atoms with E-state index in [1.807, 2.05) is 30.3 Å². The summed E-state index contributed by atoms with van der Waals surface area (Å²) in [4.78, 5) is 14.0. The van der Waals surface area contributed by atoms with Gasteiger partial charge in [-0.1, -0.05) is 23.7 Å². The van der Waals surface area contributed by atoms with Gasteiger partial charge in [0, 0.05) is 17.3 Å². The second-order valence-electron chi connectivity index (χ2n) is 5.86. The van der Waals surface area contributed by atoms with E-state index >= 15 is 0 Å². The Labute approximate surface area is 141 Å². The molecule has 23 heavy (non-hydrogen) atoms. The van der Waals surface area contributed by atoms with Crippen LogP contribution in [-0.4, -0.2) is 19.6 Å². The molecule has 0 aliphatic carbocycles. The Hall–Kier alpha value is -2.00. The number of nitrogens with zero attached hydrogens (tertiary/aromatic N) is 1. The van der Waals surface area contributed by atoms with E-state index in [1.165, 1.54) is 23.9 Å². The number of aryl methyl sites for hydroxylation is 1. The average molecular weight is 330 g/mol. The highest BCUT2D eigenvalue weighted by atomic mass is 35.5. The lowest BCUT2D eigenvalue weighted by Crippen LogP contribution is -2.32. The SMILES string of the molecule is COC(=O)c1ccc(C(C)N2CCCc3cc(Cl)ccc32)cc1. The number of rotatable bonds is 3. The number of hydrogen-bond donors (Lipinski definition) is 0. The van der Waals surface area contributed by atoms with Gasteiger partial charge in [0.05, 0.1) is 18.7 Å². The van der Waals surface area contributed by atoms with Gasteiger partial charge in [0.1, 0.15) is 0 Å². The predicted octanol–water partition coefficient (Wildman–Crippen LogP) is 4.64. The maximum atomic E-state index is 11.5. The fourth-order valence-corrected chi connectivity index (χ4v) is 3.39. The van der Waals surface area contributed by atoms with Gasteiger partial charge < -0.3 is 9.64 Å². The molecule has 0 amide bonds. The molecule has 120 valence electrons. The number of carbonyl (C=O) groups is 1. The van der Waals surface area contributed by atoms with E-state index < -0.39 is 0 Å². The van der Waals surface area contributed by atoms with E-state index in [0.717, 1.165) is 24.4 Å². The molecule has 0 radical (unpaired) electrons. The van der Waals surface area contributed by atoms with Gasteiger partial charge in [-0.05, 0) is 61.2 Å². The number of hydrogen-bond acceptors (Lipinski definition) is 3. The maximum Gasteiger partial charge on any atom is 0.337 e. The second-order valence-corrected chi connectivity index (χ2v) is 6.30.